The Morgan fingerprint density at radius 2 is 1.91 bits per heavy atom. The maximum Gasteiger partial charge on any atom is 0.334 e. The zero-order valence-electron chi connectivity index (χ0n) is 11.5. The second-order valence-corrected chi connectivity index (χ2v) is 5.31. The van der Waals surface area contributed by atoms with Gasteiger partial charge in [0.15, 0.2) is 5.75 Å². The van der Waals surface area contributed by atoms with Crippen molar-refractivity contribution in [2.24, 2.45) is 0 Å². The maximum absolute atomic E-state index is 12.0. The molecule has 0 saturated heterocycles. The minimum atomic E-state index is -0.706. The Hall–Kier alpha value is -2.53. The molecular weight excluding hydrogens is 304 g/mol. The Bertz CT molecular complexity index is 716. The molecule has 1 atom stereocenters. The summed E-state index contributed by atoms with van der Waals surface area (Å²) in [6.07, 6.45) is -0.0181. The zero-order chi connectivity index (χ0) is 15.5. The van der Waals surface area contributed by atoms with Crippen LogP contribution in [0.4, 0.5) is 11.4 Å². The highest BCUT2D eigenvalue weighted by atomic mass is 35.5. The number of halogens is 1. The number of anilines is 2. The van der Waals surface area contributed by atoms with Gasteiger partial charge in [0.05, 0.1) is 12.1 Å². The molecule has 2 aromatic carbocycles. The fourth-order valence-electron chi connectivity index (χ4n) is 2.17. The van der Waals surface area contributed by atoms with Crippen LogP contribution in [0.1, 0.15) is 6.42 Å². The smallest absolute Gasteiger partial charge is 0.334 e. The summed E-state index contributed by atoms with van der Waals surface area (Å²) in [5, 5.41) is 6.32. The van der Waals surface area contributed by atoms with Gasteiger partial charge in [0.25, 0.3) is 0 Å². The predicted molar refractivity (Wildman–Crippen MR) is 84.2 cm³/mol. The molecule has 112 valence electrons. The Morgan fingerprint density at radius 3 is 2.68 bits per heavy atom. The summed E-state index contributed by atoms with van der Waals surface area (Å²) in [5.41, 5.74) is 1.32. The summed E-state index contributed by atoms with van der Waals surface area (Å²) < 4.78 is 5.21. The molecule has 2 aromatic rings. The molecule has 0 radical (unpaired) electrons. The van der Waals surface area contributed by atoms with E-state index in [1.807, 2.05) is 6.07 Å². The first kappa shape index (κ1) is 14.4. The zero-order valence-corrected chi connectivity index (χ0v) is 12.3. The number of nitrogens with one attached hydrogen (secondary N) is 2. The Balaban J connectivity index is 1.64. The summed E-state index contributed by atoms with van der Waals surface area (Å²) in [4.78, 5) is 23.9. The van der Waals surface area contributed by atoms with Crippen LogP contribution in [0.25, 0.3) is 0 Å². The largest absolute Gasteiger partial charge is 0.423 e. The first-order chi connectivity index (χ1) is 10.6. The first-order valence-corrected chi connectivity index (χ1v) is 7.12. The van der Waals surface area contributed by atoms with Crippen molar-refractivity contribution in [3.8, 4) is 5.75 Å². The van der Waals surface area contributed by atoms with Crippen LogP contribution in [0.2, 0.25) is 5.02 Å². The van der Waals surface area contributed by atoms with E-state index in [0.29, 0.717) is 22.1 Å². The molecule has 1 aliphatic heterocycles. The average Bonchev–Trinajstić information content (AvgIpc) is 2.50. The molecule has 3 rings (SSSR count). The Morgan fingerprint density at radius 1 is 1.18 bits per heavy atom. The van der Waals surface area contributed by atoms with Gasteiger partial charge in [0.1, 0.15) is 6.04 Å². The van der Waals surface area contributed by atoms with E-state index in [4.69, 9.17) is 16.3 Å². The van der Waals surface area contributed by atoms with Gasteiger partial charge in [-0.1, -0.05) is 23.7 Å². The molecular formula is C16H13ClN2O3. The van der Waals surface area contributed by atoms with E-state index < -0.39 is 12.0 Å². The normalized spacial score (nSPS) is 16.2. The van der Waals surface area contributed by atoms with E-state index in [-0.39, 0.29) is 12.3 Å². The number of hydrogen-bond donors (Lipinski definition) is 2. The summed E-state index contributed by atoms with van der Waals surface area (Å²) in [6, 6.07) is 13.2. The summed E-state index contributed by atoms with van der Waals surface area (Å²) in [6.45, 7) is 0. The Kier molecular flexibility index (Phi) is 3.98. The van der Waals surface area contributed by atoms with Gasteiger partial charge in [-0.05, 0) is 36.4 Å². The van der Waals surface area contributed by atoms with Crippen molar-refractivity contribution in [1.82, 2.24) is 0 Å². The monoisotopic (exact) mass is 316 g/mol. The molecule has 1 heterocycles. The number of carbonyl (C=O) groups excluding carboxylic acids is 2. The fourth-order valence-corrected chi connectivity index (χ4v) is 2.29. The van der Waals surface area contributed by atoms with Crippen LogP contribution in [0.5, 0.6) is 5.75 Å². The number of amides is 1. The molecule has 0 spiro atoms. The van der Waals surface area contributed by atoms with Gasteiger partial charge in [-0.3, -0.25) is 4.79 Å². The first-order valence-electron chi connectivity index (χ1n) is 6.74. The van der Waals surface area contributed by atoms with Gasteiger partial charge in [0, 0.05) is 10.7 Å². The molecule has 0 saturated carbocycles. The van der Waals surface area contributed by atoms with Crippen molar-refractivity contribution in [2.75, 3.05) is 10.6 Å². The van der Waals surface area contributed by atoms with Gasteiger partial charge < -0.3 is 15.4 Å². The third-order valence-electron chi connectivity index (χ3n) is 3.23. The molecule has 22 heavy (non-hydrogen) atoms. The van der Waals surface area contributed by atoms with Crippen LogP contribution < -0.4 is 15.4 Å². The number of esters is 1. The summed E-state index contributed by atoms with van der Waals surface area (Å²) in [7, 11) is 0. The van der Waals surface area contributed by atoms with Gasteiger partial charge in [-0.15, -0.1) is 0 Å². The molecule has 0 bridgehead atoms. The maximum atomic E-state index is 12.0. The lowest BCUT2D eigenvalue weighted by Gasteiger charge is -2.24. The molecule has 0 aliphatic carbocycles. The van der Waals surface area contributed by atoms with Crippen LogP contribution in [-0.2, 0) is 9.59 Å². The molecule has 0 unspecified atom stereocenters. The number of hydrogen-bond acceptors (Lipinski definition) is 4. The molecule has 0 fully saturated rings. The highest BCUT2D eigenvalue weighted by Gasteiger charge is 2.29. The number of fused-ring (bicyclic) bond motifs is 1. The predicted octanol–water partition coefficient (Wildman–Crippen LogP) is 3.07. The number of rotatable bonds is 3. The van der Waals surface area contributed by atoms with Crippen LogP contribution in [0.15, 0.2) is 48.5 Å². The van der Waals surface area contributed by atoms with E-state index in [9.17, 15) is 9.59 Å². The van der Waals surface area contributed by atoms with Crippen molar-refractivity contribution in [3.05, 3.63) is 53.6 Å². The minimum absolute atomic E-state index is 0.0181. The van der Waals surface area contributed by atoms with Crippen LogP contribution in [-0.4, -0.2) is 17.9 Å². The van der Waals surface area contributed by atoms with Gasteiger partial charge >= 0.3 is 5.97 Å². The van der Waals surface area contributed by atoms with Crippen molar-refractivity contribution >= 4 is 34.9 Å². The second kappa shape index (κ2) is 6.07. The molecule has 1 aliphatic rings. The third-order valence-corrected chi connectivity index (χ3v) is 3.48. The lowest BCUT2D eigenvalue weighted by atomic mass is 10.1. The van der Waals surface area contributed by atoms with E-state index in [2.05, 4.69) is 10.6 Å². The lowest BCUT2D eigenvalue weighted by Crippen LogP contribution is -2.39. The standard InChI is InChI=1S/C16H13ClN2O3/c17-10-5-7-11(8-6-10)18-15(20)9-13-16(21)22-14-4-2-1-3-12(14)19-13/h1-8,13,19H,9H2,(H,18,20)/t13-/m1/s1. The minimum Gasteiger partial charge on any atom is -0.423 e. The van der Waals surface area contributed by atoms with Crippen molar-refractivity contribution in [3.63, 3.8) is 0 Å². The van der Waals surface area contributed by atoms with Crippen molar-refractivity contribution in [2.45, 2.75) is 12.5 Å². The van der Waals surface area contributed by atoms with Gasteiger partial charge in [-0.2, -0.15) is 0 Å². The van der Waals surface area contributed by atoms with E-state index in [1.54, 1.807) is 42.5 Å². The molecule has 6 heteroatoms. The Labute approximate surface area is 132 Å². The van der Waals surface area contributed by atoms with Gasteiger partial charge in [0.2, 0.25) is 5.91 Å². The van der Waals surface area contributed by atoms with Crippen LogP contribution in [0.3, 0.4) is 0 Å². The van der Waals surface area contributed by atoms with Crippen LogP contribution in [0, 0.1) is 0 Å². The third kappa shape index (κ3) is 3.20. The highest BCUT2D eigenvalue weighted by Crippen LogP contribution is 2.29. The van der Waals surface area contributed by atoms with Crippen molar-refractivity contribution in [1.29, 1.82) is 0 Å². The fraction of sp³-hybridized carbons (Fsp3) is 0.125. The molecule has 2 N–H and O–H groups in total. The molecule has 0 aromatic heterocycles. The molecule has 1 amide bonds. The SMILES string of the molecule is O=C(C[C@H]1Nc2ccccc2OC1=O)Nc1ccc(Cl)cc1. The topological polar surface area (TPSA) is 67.4 Å². The quantitative estimate of drug-likeness (QED) is 0.674. The highest BCUT2D eigenvalue weighted by molar-refractivity contribution is 6.30. The van der Waals surface area contributed by atoms with Crippen LogP contribution >= 0.6 is 11.6 Å². The van der Waals surface area contributed by atoms with E-state index in [1.165, 1.54) is 0 Å². The summed E-state index contributed by atoms with van der Waals surface area (Å²) in [5.74, 6) is -0.275. The van der Waals surface area contributed by atoms with E-state index >= 15 is 0 Å². The number of benzene rings is 2. The molecule has 5 nitrogen and oxygen atoms in total. The number of para-hydroxylation sites is 2. The summed E-state index contributed by atoms with van der Waals surface area (Å²) >= 11 is 5.79. The second-order valence-electron chi connectivity index (χ2n) is 4.87. The lowest BCUT2D eigenvalue weighted by molar-refractivity contribution is -0.137. The van der Waals surface area contributed by atoms with Crippen molar-refractivity contribution < 1.29 is 14.3 Å². The number of carbonyl (C=O) groups is 2. The number of ether oxygens (including phenoxy) is 1. The average molecular weight is 317 g/mol. The van der Waals surface area contributed by atoms with E-state index in [0.717, 1.165) is 0 Å². The van der Waals surface area contributed by atoms with Gasteiger partial charge in [-0.25, -0.2) is 4.79 Å².